The fraction of sp³-hybridized carbons (Fsp3) is 0.688. The minimum Gasteiger partial charge on any atom is -0.481 e. The Labute approximate surface area is 131 Å². The Bertz CT molecular complexity index is 311. The summed E-state index contributed by atoms with van der Waals surface area (Å²) in [6, 6.07) is 0. The van der Waals surface area contributed by atoms with Crippen molar-refractivity contribution in [2.24, 2.45) is 0 Å². The minimum absolute atomic E-state index is 0.0632. The molecule has 0 amide bonds. The van der Waals surface area contributed by atoms with Gasteiger partial charge in [-0.25, -0.2) is 0 Å². The largest absolute Gasteiger partial charge is 0.481 e. The van der Waals surface area contributed by atoms with E-state index in [1.165, 1.54) is 25.7 Å². The lowest BCUT2D eigenvalue weighted by Gasteiger charge is -1.98. The van der Waals surface area contributed by atoms with E-state index in [0.717, 1.165) is 19.3 Å². The Morgan fingerprint density at radius 2 is 1.00 bits per heavy atom. The van der Waals surface area contributed by atoms with Crippen LogP contribution in [0, 0.1) is 0 Å². The van der Waals surface area contributed by atoms with Crippen molar-refractivity contribution in [1.29, 1.82) is 0 Å². The highest BCUT2D eigenvalue weighted by molar-refractivity contribution is 5.69. The van der Waals surface area contributed by atoms with Gasteiger partial charge in [0.2, 0.25) is 0 Å². The molecule has 128 valence electrons. The summed E-state index contributed by atoms with van der Waals surface area (Å²) in [5.41, 5.74) is 0. The predicted molar refractivity (Wildman–Crippen MR) is 83.9 cm³/mol. The number of rotatable bonds is 13. The number of carbonyl (C=O) groups is 3. The van der Waals surface area contributed by atoms with E-state index in [1.807, 2.05) is 6.08 Å². The van der Waals surface area contributed by atoms with Crippen LogP contribution in [-0.2, 0) is 14.4 Å². The van der Waals surface area contributed by atoms with E-state index in [0.29, 0.717) is 6.42 Å². The second-order valence-electron chi connectivity index (χ2n) is 4.98. The van der Waals surface area contributed by atoms with Gasteiger partial charge in [0.15, 0.2) is 0 Å². The molecular formula is C16H28O6. The first-order chi connectivity index (χ1) is 10.4. The van der Waals surface area contributed by atoms with E-state index < -0.39 is 17.9 Å². The molecule has 0 heterocycles. The van der Waals surface area contributed by atoms with Crippen molar-refractivity contribution in [3.63, 3.8) is 0 Å². The van der Waals surface area contributed by atoms with Gasteiger partial charge in [0, 0.05) is 19.3 Å². The molecule has 0 saturated carbocycles. The zero-order valence-electron chi connectivity index (χ0n) is 13.1. The van der Waals surface area contributed by atoms with Crippen molar-refractivity contribution in [2.45, 2.75) is 70.6 Å². The van der Waals surface area contributed by atoms with Gasteiger partial charge in [0.1, 0.15) is 0 Å². The number of hydrogen-bond donors (Lipinski definition) is 3. The van der Waals surface area contributed by atoms with Crippen LogP contribution in [0.1, 0.15) is 70.6 Å². The molecule has 3 N–H and O–H groups in total. The van der Waals surface area contributed by atoms with Gasteiger partial charge >= 0.3 is 17.9 Å². The maximum Gasteiger partial charge on any atom is 0.303 e. The monoisotopic (exact) mass is 316 g/mol. The molecule has 0 fully saturated rings. The summed E-state index contributed by atoms with van der Waals surface area (Å²) in [6.07, 6.45) is 10.2. The van der Waals surface area contributed by atoms with Crippen molar-refractivity contribution in [2.75, 3.05) is 0 Å². The third-order valence-electron chi connectivity index (χ3n) is 2.83. The van der Waals surface area contributed by atoms with Gasteiger partial charge in [-0.05, 0) is 25.7 Å². The Balaban J connectivity index is 0. The van der Waals surface area contributed by atoms with Gasteiger partial charge in [0.05, 0.1) is 0 Å². The van der Waals surface area contributed by atoms with E-state index in [2.05, 4.69) is 6.58 Å². The molecule has 0 radical (unpaired) electrons. The summed E-state index contributed by atoms with van der Waals surface area (Å²) >= 11 is 0. The molecule has 0 saturated heterocycles. The van der Waals surface area contributed by atoms with Crippen molar-refractivity contribution in [3.8, 4) is 0 Å². The van der Waals surface area contributed by atoms with E-state index >= 15 is 0 Å². The molecule has 6 heteroatoms. The average molecular weight is 316 g/mol. The first-order valence-electron chi connectivity index (χ1n) is 7.66. The summed E-state index contributed by atoms with van der Waals surface area (Å²) < 4.78 is 0. The first-order valence-corrected chi connectivity index (χ1v) is 7.66. The van der Waals surface area contributed by atoms with E-state index in [1.54, 1.807) is 0 Å². The van der Waals surface area contributed by atoms with Gasteiger partial charge in [-0.1, -0.05) is 31.8 Å². The molecule has 0 rings (SSSR count). The Hall–Kier alpha value is -1.85. The number of carboxylic acids is 3. The highest BCUT2D eigenvalue weighted by atomic mass is 16.4. The predicted octanol–water partition coefficient (Wildman–Crippen LogP) is 3.70. The third kappa shape index (κ3) is 26.7. The Kier molecular flexibility index (Phi) is 17.5. The zero-order chi connectivity index (χ0) is 17.2. The topological polar surface area (TPSA) is 112 Å². The second kappa shape index (κ2) is 17.2. The molecule has 0 spiro atoms. The number of unbranched alkanes of at least 4 members (excludes halogenated alkanes) is 6. The van der Waals surface area contributed by atoms with Crippen LogP contribution in [0.2, 0.25) is 0 Å². The SMILES string of the molecule is C=CCCCCCCCCC(=O)O.O=C(O)CCCC(=O)O. The van der Waals surface area contributed by atoms with Crippen LogP contribution >= 0.6 is 0 Å². The summed E-state index contributed by atoms with van der Waals surface area (Å²) in [6.45, 7) is 3.66. The highest BCUT2D eigenvalue weighted by Crippen LogP contribution is 2.08. The maximum absolute atomic E-state index is 10.2. The summed E-state index contributed by atoms with van der Waals surface area (Å²) in [4.78, 5) is 29.7. The van der Waals surface area contributed by atoms with Crippen LogP contribution in [0.5, 0.6) is 0 Å². The smallest absolute Gasteiger partial charge is 0.303 e. The summed E-state index contributed by atoms with van der Waals surface area (Å²) in [5, 5.41) is 24.4. The molecule has 0 aromatic heterocycles. The van der Waals surface area contributed by atoms with Gasteiger partial charge in [-0.2, -0.15) is 0 Å². The number of aliphatic carboxylic acids is 3. The lowest BCUT2D eigenvalue weighted by atomic mass is 10.1. The summed E-state index contributed by atoms with van der Waals surface area (Å²) in [7, 11) is 0. The fourth-order valence-corrected chi connectivity index (χ4v) is 1.66. The molecule has 0 aliphatic carbocycles. The van der Waals surface area contributed by atoms with Gasteiger partial charge in [-0.3, -0.25) is 14.4 Å². The standard InChI is InChI=1S/C11H20O2.C5H8O4/c1-2-3-4-5-6-7-8-9-10-11(12)13;6-4(7)2-1-3-5(8)9/h2H,1,3-10H2,(H,12,13);1-3H2,(H,6,7)(H,8,9). The van der Waals surface area contributed by atoms with E-state index in [9.17, 15) is 14.4 Å². The average Bonchev–Trinajstić information content (AvgIpc) is 2.41. The normalized spacial score (nSPS) is 9.45. The van der Waals surface area contributed by atoms with Crippen LogP contribution in [0.25, 0.3) is 0 Å². The van der Waals surface area contributed by atoms with E-state index in [-0.39, 0.29) is 19.3 Å². The molecule has 0 aliphatic rings. The molecule has 6 nitrogen and oxygen atoms in total. The van der Waals surface area contributed by atoms with Crippen molar-refractivity contribution < 1.29 is 29.7 Å². The third-order valence-corrected chi connectivity index (χ3v) is 2.83. The van der Waals surface area contributed by atoms with E-state index in [4.69, 9.17) is 15.3 Å². The van der Waals surface area contributed by atoms with Gasteiger partial charge in [0.25, 0.3) is 0 Å². The van der Waals surface area contributed by atoms with Crippen LogP contribution in [0.4, 0.5) is 0 Å². The number of carboxylic acid groups (broad SMARTS) is 3. The summed E-state index contributed by atoms with van der Waals surface area (Å²) in [5.74, 6) is -2.57. The highest BCUT2D eigenvalue weighted by Gasteiger charge is 1.99. The fourth-order valence-electron chi connectivity index (χ4n) is 1.66. The molecule has 0 aliphatic heterocycles. The minimum atomic E-state index is -0.948. The first kappa shape index (κ1) is 22.4. The molecule has 0 atom stereocenters. The van der Waals surface area contributed by atoms with Crippen LogP contribution in [-0.4, -0.2) is 33.2 Å². The van der Waals surface area contributed by atoms with Crippen LogP contribution < -0.4 is 0 Å². The van der Waals surface area contributed by atoms with Crippen LogP contribution in [0.15, 0.2) is 12.7 Å². The lowest BCUT2D eigenvalue weighted by molar-refractivity contribution is -0.139. The number of allylic oxidation sites excluding steroid dienone is 1. The van der Waals surface area contributed by atoms with Gasteiger partial charge in [-0.15, -0.1) is 6.58 Å². The second-order valence-corrected chi connectivity index (χ2v) is 4.98. The molecular weight excluding hydrogens is 288 g/mol. The lowest BCUT2D eigenvalue weighted by Crippen LogP contribution is -1.98. The Morgan fingerprint density at radius 3 is 1.41 bits per heavy atom. The van der Waals surface area contributed by atoms with Crippen molar-refractivity contribution in [3.05, 3.63) is 12.7 Å². The van der Waals surface area contributed by atoms with Gasteiger partial charge < -0.3 is 15.3 Å². The van der Waals surface area contributed by atoms with Crippen molar-refractivity contribution >= 4 is 17.9 Å². The molecule has 0 aromatic carbocycles. The molecule has 0 bridgehead atoms. The van der Waals surface area contributed by atoms with Crippen LogP contribution in [0.3, 0.4) is 0 Å². The maximum atomic E-state index is 10.2. The molecule has 0 aromatic rings. The number of hydrogen-bond acceptors (Lipinski definition) is 3. The molecule has 22 heavy (non-hydrogen) atoms. The van der Waals surface area contributed by atoms with Crippen molar-refractivity contribution in [1.82, 2.24) is 0 Å². The zero-order valence-corrected chi connectivity index (χ0v) is 13.1. The Morgan fingerprint density at radius 1 is 0.636 bits per heavy atom. The quantitative estimate of drug-likeness (QED) is 0.353. The molecule has 0 unspecified atom stereocenters.